The monoisotopic (exact) mass is 358 g/mol. The topological polar surface area (TPSA) is 67.4 Å². The van der Waals surface area contributed by atoms with Crippen molar-refractivity contribution in [3.63, 3.8) is 0 Å². The fourth-order valence-corrected chi connectivity index (χ4v) is 5.26. The molecule has 26 heavy (non-hydrogen) atoms. The van der Waals surface area contributed by atoms with E-state index < -0.39 is 0 Å². The Balaban J connectivity index is 1.50. The first-order valence-electron chi connectivity index (χ1n) is 10.1. The number of fused-ring (bicyclic) bond motifs is 2. The summed E-state index contributed by atoms with van der Waals surface area (Å²) >= 11 is 0. The Kier molecular flexibility index (Phi) is 4.68. The molecule has 0 aromatic carbocycles. The van der Waals surface area contributed by atoms with Gasteiger partial charge in [0, 0.05) is 19.0 Å². The van der Waals surface area contributed by atoms with Gasteiger partial charge in [-0.05, 0) is 56.4 Å². The molecule has 2 heterocycles. The van der Waals surface area contributed by atoms with E-state index in [1.165, 1.54) is 11.1 Å². The maximum atomic E-state index is 12.5. The van der Waals surface area contributed by atoms with Crippen LogP contribution in [-0.4, -0.2) is 37.1 Å². The molecule has 5 heteroatoms. The predicted octanol–water partition coefficient (Wildman–Crippen LogP) is 2.48. The molecule has 4 rings (SSSR count). The van der Waals surface area contributed by atoms with Gasteiger partial charge < -0.3 is 15.4 Å². The summed E-state index contributed by atoms with van der Waals surface area (Å²) in [6.07, 6.45) is 10.6. The summed E-state index contributed by atoms with van der Waals surface area (Å²) < 4.78 is 5.78. The fraction of sp³-hybridized carbons (Fsp3) is 0.714. The minimum atomic E-state index is -0.192. The van der Waals surface area contributed by atoms with E-state index >= 15 is 0 Å². The second kappa shape index (κ2) is 6.84. The van der Waals surface area contributed by atoms with Crippen LogP contribution >= 0.6 is 0 Å². The first-order chi connectivity index (χ1) is 12.5. The SMILES string of the molecule is CC1=CCCC2(C)CC3OC(=O)C(CNC4CCCCNC4=O)C3C=C12. The van der Waals surface area contributed by atoms with Gasteiger partial charge in [-0.15, -0.1) is 0 Å². The highest BCUT2D eigenvalue weighted by atomic mass is 16.6. The molecule has 0 radical (unpaired) electrons. The van der Waals surface area contributed by atoms with Gasteiger partial charge in [0.2, 0.25) is 5.91 Å². The summed E-state index contributed by atoms with van der Waals surface area (Å²) in [5, 5.41) is 6.30. The third-order valence-electron chi connectivity index (χ3n) is 6.82. The molecule has 2 saturated heterocycles. The number of carbonyl (C=O) groups excluding carboxylic acids is 2. The van der Waals surface area contributed by atoms with E-state index in [1.807, 2.05) is 0 Å². The Morgan fingerprint density at radius 2 is 2.19 bits per heavy atom. The van der Waals surface area contributed by atoms with E-state index in [9.17, 15) is 9.59 Å². The summed E-state index contributed by atoms with van der Waals surface area (Å²) in [5.41, 5.74) is 2.89. The number of carbonyl (C=O) groups is 2. The number of hydrogen-bond donors (Lipinski definition) is 2. The van der Waals surface area contributed by atoms with Crippen LogP contribution in [0.3, 0.4) is 0 Å². The second-order valence-corrected chi connectivity index (χ2v) is 8.68. The molecule has 0 aromatic rings. The molecule has 2 aliphatic heterocycles. The highest BCUT2D eigenvalue weighted by molar-refractivity contribution is 5.82. The predicted molar refractivity (Wildman–Crippen MR) is 99.3 cm³/mol. The molecular formula is C21H30N2O3. The molecule has 1 amide bonds. The Morgan fingerprint density at radius 1 is 1.35 bits per heavy atom. The average Bonchev–Trinajstić information content (AvgIpc) is 2.74. The van der Waals surface area contributed by atoms with Crippen molar-refractivity contribution in [1.82, 2.24) is 10.6 Å². The standard InChI is InChI=1S/C21H30N2O3/c1-13-6-5-8-21(2)11-18-14(10-16(13)21)15(20(25)26-18)12-23-17-7-3-4-9-22-19(17)24/h6,10,14-15,17-18,23H,3-5,7-9,11-12H2,1-2H3,(H,22,24). The molecule has 0 bridgehead atoms. The average molecular weight is 358 g/mol. The zero-order valence-electron chi connectivity index (χ0n) is 15.8. The summed E-state index contributed by atoms with van der Waals surface area (Å²) in [4.78, 5) is 24.7. The van der Waals surface area contributed by atoms with Gasteiger partial charge in [0.25, 0.3) is 0 Å². The largest absolute Gasteiger partial charge is 0.461 e. The zero-order valence-corrected chi connectivity index (χ0v) is 15.8. The number of ether oxygens (including phenoxy) is 1. The summed E-state index contributed by atoms with van der Waals surface area (Å²) in [6.45, 7) is 5.76. The molecule has 4 aliphatic rings. The van der Waals surface area contributed by atoms with Crippen LogP contribution in [0.25, 0.3) is 0 Å². The summed E-state index contributed by atoms with van der Waals surface area (Å²) in [7, 11) is 0. The van der Waals surface area contributed by atoms with E-state index in [0.29, 0.717) is 6.54 Å². The van der Waals surface area contributed by atoms with E-state index in [0.717, 1.165) is 45.1 Å². The molecule has 2 fully saturated rings. The van der Waals surface area contributed by atoms with Crippen LogP contribution in [0.1, 0.15) is 52.4 Å². The van der Waals surface area contributed by atoms with Crippen molar-refractivity contribution < 1.29 is 14.3 Å². The molecule has 5 atom stereocenters. The van der Waals surface area contributed by atoms with Gasteiger partial charge in [0.05, 0.1) is 12.0 Å². The molecule has 0 aromatic heterocycles. The number of esters is 1. The Bertz CT molecular complexity index is 668. The number of nitrogens with one attached hydrogen (secondary N) is 2. The van der Waals surface area contributed by atoms with Crippen molar-refractivity contribution in [2.24, 2.45) is 17.3 Å². The maximum Gasteiger partial charge on any atom is 0.311 e. The number of allylic oxidation sites excluding steroid dienone is 3. The van der Waals surface area contributed by atoms with Crippen LogP contribution in [0.5, 0.6) is 0 Å². The minimum absolute atomic E-state index is 0.0167. The van der Waals surface area contributed by atoms with Gasteiger partial charge in [0.15, 0.2) is 0 Å². The molecule has 2 N–H and O–H groups in total. The van der Waals surface area contributed by atoms with Crippen LogP contribution in [0.15, 0.2) is 23.3 Å². The number of rotatable bonds is 3. The maximum absolute atomic E-state index is 12.5. The van der Waals surface area contributed by atoms with Crippen molar-refractivity contribution in [3.05, 3.63) is 23.3 Å². The van der Waals surface area contributed by atoms with E-state index in [-0.39, 0.29) is 41.3 Å². The van der Waals surface area contributed by atoms with Gasteiger partial charge in [-0.1, -0.05) is 24.6 Å². The lowest BCUT2D eigenvalue weighted by Crippen LogP contribution is -2.46. The van der Waals surface area contributed by atoms with Gasteiger partial charge >= 0.3 is 5.97 Å². The Morgan fingerprint density at radius 3 is 3.04 bits per heavy atom. The minimum Gasteiger partial charge on any atom is -0.461 e. The van der Waals surface area contributed by atoms with Gasteiger partial charge in [-0.2, -0.15) is 0 Å². The lowest BCUT2D eigenvalue weighted by Gasteiger charge is -2.42. The van der Waals surface area contributed by atoms with Gasteiger partial charge in [-0.25, -0.2) is 0 Å². The molecule has 5 nitrogen and oxygen atoms in total. The van der Waals surface area contributed by atoms with Crippen molar-refractivity contribution in [2.45, 2.75) is 64.5 Å². The first kappa shape index (κ1) is 17.8. The molecule has 142 valence electrons. The normalized spacial score (nSPS) is 39.8. The van der Waals surface area contributed by atoms with E-state index in [4.69, 9.17) is 4.74 Å². The summed E-state index contributed by atoms with van der Waals surface area (Å²) in [5.74, 6) is -0.121. The third-order valence-corrected chi connectivity index (χ3v) is 6.82. The number of amides is 1. The molecule has 0 saturated carbocycles. The third kappa shape index (κ3) is 3.11. The highest BCUT2D eigenvalue weighted by Crippen LogP contribution is 2.52. The highest BCUT2D eigenvalue weighted by Gasteiger charge is 2.50. The zero-order chi connectivity index (χ0) is 18.3. The fourth-order valence-electron chi connectivity index (χ4n) is 5.26. The molecule has 0 spiro atoms. The van der Waals surface area contributed by atoms with E-state index in [1.54, 1.807) is 0 Å². The van der Waals surface area contributed by atoms with Crippen LogP contribution in [-0.2, 0) is 14.3 Å². The lowest BCUT2D eigenvalue weighted by atomic mass is 9.62. The van der Waals surface area contributed by atoms with Crippen molar-refractivity contribution in [3.8, 4) is 0 Å². The van der Waals surface area contributed by atoms with E-state index in [2.05, 4.69) is 36.6 Å². The second-order valence-electron chi connectivity index (χ2n) is 8.68. The van der Waals surface area contributed by atoms with Crippen LogP contribution in [0, 0.1) is 17.3 Å². The first-order valence-corrected chi connectivity index (χ1v) is 10.1. The smallest absolute Gasteiger partial charge is 0.311 e. The van der Waals surface area contributed by atoms with Gasteiger partial charge in [0.1, 0.15) is 6.10 Å². The van der Waals surface area contributed by atoms with Crippen LogP contribution in [0.2, 0.25) is 0 Å². The molecular weight excluding hydrogens is 328 g/mol. The van der Waals surface area contributed by atoms with Crippen molar-refractivity contribution >= 4 is 11.9 Å². The lowest BCUT2D eigenvalue weighted by molar-refractivity contribution is -0.145. The van der Waals surface area contributed by atoms with Gasteiger partial charge in [-0.3, -0.25) is 9.59 Å². The number of hydrogen-bond acceptors (Lipinski definition) is 4. The van der Waals surface area contributed by atoms with Crippen LogP contribution < -0.4 is 10.6 Å². The molecule has 5 unspecified atom stereocenters. The van der Waals surface area contributed by atoms with Crippen molar-refractivity contribution in [1.29, 1.82) is 0 Å². The molecule has 2 aliphatic carbocycles. The van der Waals surface area contributed by atoms with Crippen molar-refractivity contribution in [2.75, 3.05) is 13.1 Å². The summed E-state index contributed by atoms with van der Waals surface area (Å²) in [6, 6.07) is -0.192. The Hall–Kier alpha value is -1.62. The Labute approximate surface area is 155 Å². The van der Waals surface area contributed by atoms with Crippen LogP contribution in [0.4, 0.5) is 0 Å². The quantitative estimate of drug-likeness (QED) is 0.761.